The van der Waals surface area contributed by atoms with Crippen LogP contribution in [0.1, 0.15) is 18.7 Å². The lowest BCUT2D eigenvalue weighted by molar-refractivity contribution is 0.195. The van der Waals surface area contributed by atoms with Crippen molar-refractivity contribution in [2.24, 2.45) is 0 Å². The lowest BCUT2D eigenvalue weighted by Gasteiger charge is -2.09. The SMILES string of the molecule is CC(O)c1ncccc1-c1cc(Cl)ccn1. The molecule has 16 heavy (non-hydrogen) atoms. The molecule has 2 aromatic rings. The fourth-order valence-electron chi connectivity index (χ4n) is 1.52. The first-order valence-corrected chi connectivity index (χ1v) is 5.31. The van der Waals surface area contributed by atoms with Gasteiger partial charge in [0.15, 0.2) is 0 Å². The fraction of sp³-hybridized carbons (Fsp3) is 0.167. The molecule has 0 aromatic carbocycles. The van der Waals surface area contributed by atoms with Gasteiger partial charge in [-0.3, -0.25) is 9.97 Å². The molecule has 1 N–H and O–H groups in total. The topological polar surface area (TPSA) is 46.0 Å². The molecule has 0 aliphatic carbocycles. The van der Waals surface area contributed by atoms with Crippen molar-refractivity contribution in [1.29, 1.82) is 0 Å². The Balaban J connectivity index is 2.55. The summed E-state index contributed by atoms with van der Waals surface area (Å²) in [5.74, 6) is 0. The number of aliphatic hydroxyl groups is 1. The van der Waals surface area contributed by atoms with E-state index in [-0.39, 0.29) is 0 Å². The Morgan fingerprint density at radius 1 is 1.25 bits per heavy atom. The normalized spacial score (nSPS) is 12.4. The summed E-state index contributed by atoms with van der Waals surface area (Å²) in [4.78, 5) is 8.37. The second kappa shape index (κ2) is 4.60. The summed E-state index contributed by atoms with van der Waals surface area (Å²) in [7, 11) is 0. The molecule has 0 aliphatic rings. The Morgan fingerprint density at radius 2 is 2.06 bits per heavy atom. The van der Waals surface area contributed by atoms with E-state index in [4.69, 9.17) is 11.6 Å². The molecule has 0 radical (unpaired) electrons. The van der Waals surface area contributed by atoms with Gasteiger partial charge < -0.3 is 5.11 Å². The third-order valence-corrected chi connectivity index (χ3v) is 2.47. The first-order valence-electron chi connectivity index (χ1n) is 4.93. The summed E-state index contributed by atoms with van der Waals surface area (Å²) in [5, 5.41) is 10.2. The van der Waals surface area contributed by atoms with Crippen molar-refractivity contribution in [3.8, 4) is 11.3 Å². The highest BCUT2D eigenvalue weighted by molar-refractivity contribution is 6.30. The Kier molecular flexibility index (Phi) is 3.17. The number of hydrogen-bond donors (Lipinski definition) is 1. The first-order chi connectivity index (χ1) is 7.68. The molecule has 1 atom stereocenters. The molecule has 1 unspecified atom stereocenters. The molecule has 0 saturated carbocycles. The zero-order chi connectivity index (χ0) is 11.5. The van der Waals surface area contributed by atoms with Crippen LogP contribution in [0.15, 0.2) is 36.7 Å². The van der Waals surface area contributed by atoms with Crippen molar-refractivity contribution >= 4 is 11.6 Å². The molecule has 4 heteroatoms. The molecule has 2 rings (SSSR count). The minimum atomic E-state index is -0.628. The second-order valence-electron chi connectivity index (χ2n) is 3.47. The number of aliphatic hydroxyl groups excluding tert-OH is 1. The Bertz CT molecular complexity index is 500. The highest BCUT2D eigenvalue weighted by Gasteiger charge is 2.11. The van der Waals surface area contributed by atoms with Gasteiger partial charge in [-0.25, -0.2) is 0 Å². The van der Waals surface area contributed by atoms with E-state index in [1.165, 1.54) is 0 Å². The molecule has 0 aliphatic heterocycles. The van der Waals surface area contributed by atoms with Crippen LogP contribution >= 0.6 is 11.6 Å². The van der Waals surface area contributed by atoms with Gasteiger partial charge in [-0.1, -0.05) is 11.6 Å². The summed E-state index contributed by atoms with van der Waals surface area (Å²) in [5.41, 5.74) is 2.13. The monoisotopic (exact) mass is 234 g/mol. The number of nitrogens with zero attached hydrogens (tertiary/aromatic N) is 2. The van der Waals surface area contributed by atoms with Gasteiger partial charge in [0.05, 0.1) is 17.5 Å². The van der Waals surface area contributed by atoms with E-state index >= 15 is 0 Å². The lowest BCUT2D eigenvalue weighted by Crippen LogP contribution is -1.99. The predicted octanol–water partition coefficient (Wildman–Crippen LogP) is 2.85. The van der Waals surface area contributed by atoms with E-state index in [0.29, 0.717) is 10.7 Å². The van der Waals surface area contributed by atoms with Crippen molar-refractivity contribution in [1.82, 2.24) is 9.97 Å². The van der Waals surface area contributed by atoms with Gasteiger partial charge >= 0.3 is 0 Å². The molecule has 0 bridgehead atoms. The third-order valence-electron chi connectivity index (χ3n) is 2.23. The van der Waals surface area contributed by atoms with E-state index < -0.39 is 6.10 Å². The quantitative estimate of drug-likeness (QED) is 0.869. The van der Waals surface area contributed by atoms with E-state index in [1.54, 1.807) is 31.5 Å². The predicted molar refractivity (Wildman–Crippen MR) is 63.1 cm³/mol. The van der Waals surface area contributed by atoms with E-state index in [9.17, 15) is 5.11 Å². The van der Waals surface area contributed by atoms with Crippen LogP contribution in [-0.2, 0) is 0 Å². The molecule has 2 heterocycles. The molecule has 82 valence electrons. The van der Waals surface area contributed by atoms with Crippen LogP contribution in [0.5, 0.6) is 0 Å². The first kappa shape index (κ1) is 11.0. The average Bonchev–Trinajstić information content (AvgIpc) is 2.29. The van der Waals surface area contributed by atoms with Crippen LogP contribution in [0.4, 0.5) is 0 Å². The summed E-state index contributed by atoms with van der Waals surface area (Å²) in [6.45, 7) is 1.68. The van der Waals surface area contributed by atoms with Crippen molar-refractivity contribution in [2.45, 2.75) is 13.0 Å². The molecule has 2 aromatic heterocycles. The molecule has 0 fully saturated rings. The zero-order valence-corrected chi connectivity index (χ0v) is 9.52. The standard InChI is InChI=1S/C12H11ClN2O/c1-8(16)12-10(3-2-5-15-12)11-7-9(13)4-6-14-11/h2-8,16H,1H3. The molecular weight excluding hydrogens is 224 g/mol. The van der Waals surface area contributed by atoms with Crippen molar-refractivity contribution in [3.05, 3.63) is 47.4 Å². The van der Waals surface area contributed by atoms with Crippen molar-refractivity contribution < 1.29 is 5.11 Å². The lowest BCUT2D eigenvalue weighted by atomic mass is 10.1. The van der Waals surface area contributed by atoms with Gasteiger partial charge in [-0.05, 0) is 31.2 Å². The Hall–Kier alpha value is -1.45. The molecule has 0 amide bonds. The average molecular weight is 235 g/mol. The van der Waals surface area contributed by atoms with Crippen LogP contribution in [0.2, 0.25) is 5.02 Å². The van der Waals surface area contributed by atoms with E-state index in [2.05, 4.69) is 9.97 Å². The van der Waals surface area contributed by atoms with Crippen molar-refractivity contribution in [3.63, 3.8) is 0 Å². The van der Waals surface area contributed by atoms with E-state index in [0.717, 1.165) is 11.3 Å². The third kappa shape index (κ3) is 2.21. The fourth-order valence-corrected chi connectivity index (χ4v) is 1.68. The maximum absolute atomic E-state index is 9.61. The number of aromatic nitrogens is 2. The zero-order valence-electron chi connectivity index (χ0n) is 8.76. The molecular formula is C12H11ClN2O. The Morgan fingerprint density at radius 3 is 2.75 bits per heavy atom. The smallest absolute Gasteiger partial charge is 0.0938 e. The number of rotatable bonds is 2. The van der Waals surface area contributed by atoms with Crippen LogP contribution < -0.4 is 0 Å². The highest BCUT2D eigenvalue weighted by atomic mass is 35.5. The maximum Gasteiger partial charge on any atom is 0.0938 e. The number of hydrogen-bond acceptors (Lipinski definition) is 3. The number of halogens is 1. The second-order valence-corrected chi connectivity index (χ2v) is 3.91. The highest BCUT2D eigenvalue weighted by Crippen LogP contribution is 2.26. The van der Waals surface area contributed by atoms with Gasteiger partial charge in [-0.15, -0.1) is 0 Å². The van der Waals surface area contributed by atoms with Gasteiger partial charge in [0.2, 0.25) is 0 Å². The maximum atomic E-state index is 9.61. The van der Waals surface area contributed by atoms with Crippen LogP contribution in [0.25, 0.3) is 11.3 Å². The molecule has 3 nitrogen and oxygen atoms in total. The summed E-state index contributed by atoms with van der Waals surface area (Å²) < 4.78 is 0. The van der Waals surface area contributed by atoms with E-state index in [1.807, 2.05) is 12.1 Å². The number of pyridine rings is 2. The van der Waals surface area contributed by atoms with Gasteiger partial charge in [0.1, 0.15) is 0 Å². The van der Waals surface area contributed by atoms with Gasteiger partial charge in [-0.2, -0.15) is 0 Å². The minimum absolute atomic E-state index is 0.609. The largest absolute Gasteiger partial charge is 0.387 e. The van der Waals surface area contributed by atoms with Gasteiger partial charge in [0, 0.05) is 23.0 Å². The van der Waals surface area contributed by atoms with Gasteiger partial charge in [0.25, 0.3) is 0 Å². The Labute approximate surface area is 98.8 Å². The summed E-state index contributed by atoms with van der Waals surface area (Å²) in [6.07, 6.45) is 2.66. The molecule has 0 saturated heterocycles. The minimum Gasteiger partial charge on any atom is -0.387 e. The summed E-state index contributed by atoms with van der Waals surface area (Å²) in [6, 6.07) is 7.14. The van der Waals surface area contributed by atoms with Crippen LogP contribution in [0.3, 0.4) is 0 Å². The summed E-state index contributed by atoms with van der Waals surface area (Å²) >= 11 is 5.90. The van der Waals surface area contributed by atoms with Crippen molar-refractivity contribution in [2.75, 3.05) is 0 Å². The van der Waals surface area contributed by atoms with Crippen LogP contribution in [0, 0.1) is 0 Å². The van der Waals surface area contributed by atoms with Crippen LogP contribution in [-0.4, -0.2) is 15.1 Å². The molecule has 0 spiro atoms.